The zero-order valence-corrected chi connectivity index (χ0v) is 12.6. The summed E-state index contributed by atoms with van der Waals surface area (Å²) >= 11 is 3.13. The largest absolute Gasteiger partial charge is 0.379 e. The van der Waals surface area contributed by atoms with Crippen molar-refractivity contribution in [1.29, 1.82) is 0 Å². The Balaban J connectivity index is 2.38. The fraction of sp³-hybridized carbons (Fsp3) is 0.0769. The molecule has 0 amide bonds. The molecule has 0 aliphatic carbocycles. The molecular formula is C13H9BrF2O3S. The molecule has 0 spiro atoms. The Labute approximate surface area is 123 Å². The second-order valence-corrected chi connectivity index (χ2v) is 6.42. The normalized spacial score (nSPS) is 11.4. The van der Waals surface area contributed by atoms with Gasteiger partial charge in [-0.25, -0.2) is 8.78 Å². The van der Waals surface area contributed by atoms with Crippen LogP contribution in [0.1, 0.15) is 5.56 Å². The van der Waals surface area contributed by atoms with E-state index in [2.05, 4.69) is 15.9 Å². The van der Waals surface area contributed by atoms with Crippen LogP contribution in [0.4, 0.5) is 8.78 Å². The number of hydrogen-bond acceptors (Lipinski definition) is 3. The molecule has 0 saturated carbocycles. The van der Waals surface area contributed by atoms with Gasteiger partial charge in [-0.1, -0.05) is 6.07 Å². The molecule has 0 atom stereocenters. The summed E-state index contributed by atoms with van der Waals surface area (Å²) in [6.45, 7) is 1.80. The van der Waals surface area contributed by atoms with E-state index in [-0.39, 0.29) is 10.6 Å². The highest BCUT2D eigenvalue weighted by Gasteiger charge is 2.20. The van der Waals surface area contributed by atoms with E-state index >= 15 is 0 Å². The van der Waals surface area contributed by atoms with Gasteiger partial charge in [0.15, 0.2) is 11.6 Å². The van der Waals surface area contributed by atoms with Gasteiger partial charge in [0.05, 0.1) is 0 Å². The van der Waals surface area contributed by atoms with Gasteiger partial charge in [0, 0.05) is 10.5 Å². The predicted molar refractivity (Wildman–Crippen MR) is 73.1 cm³/mol. The molecule has 0 saturated heterocycles. The van der Waals surface area contributed by atoms with Crippen LogP contribution in [0.25, 0.3) is 0 Å². The molecular weight excluding hydrogens is 354 g/mol. The predicted octanol–water partition coefficient (Wildman–Crippen LogP) is 3.80. The lowest BCUT2D eigenvalue weighted by Crippen LogP contribution is -2.10. The van der Waals surface area contributed by atoms with Gasteiger partial charge in [-0.3, -0.25) is 0 Å². The fourth-order valence-corrected chi connectivity index (χ4v) is 3.58. The van der Waals surface area contributed by atoms with Crippen LogP contribution in [0.3, 0.4) is 0 Å². The number of hydrogen-bond donors (Lipinski definition) is 0. The van der Waals surface area contributed by atoms with Crippen molar-refractivity contribution in [2.45, 2.75) is 11.8 Å². The topological polar surface area (TPSA) is 43.4 Å². The molecule has 106 valence electrons. The molecule has 0 bridgehead atoms. The van der Waals surface area contributed by atoms with Gasteiger partial charge in [-0.2, -0.15) is 8.42 Å². The van der Waals surface area contributed by atoms with Crippen molar-refractivity contribution in [3.8, 4) is 5.75 Å². The maximum atomic E-state index is 13.0. The van der Waals surface area contributed by atoms with Crippen LogP contribution in [0, 0.1) is 18.6 Å². The van der Waals surface area contributed by atoms with Crippen molar-refractivity contribution in [2.75, 3.05) is 0 Å². The molecule has 2 rings (SSSR count). The van der Waals surface area contributed by atoms with Crippen molar-refractivity contribution in [3.05, 3.63) is 58.1 Å². The minimum Gasteiger partial charge on any atom is -0.379 e. The Morgan fingerprint density at radius 2 is 1.75 bits per heavy atom. The molecule has 2 aromatic rings. The van der Waals surface area contributed by atoms with Gasteiger partial charge in [0.1, 0.15) is 10.6 Å². The lowest BCUT2D eigenvalue weighted by atomic mass is 10.2. The summed E-state index contributed by atoms with van der Waals surface area (Å²) in [5.41, 5.74) is 0.864. The highest BCUT2D eigenvalue weighted by molar-refractivity contribution is 9.10. The molecule has 2 aromatic carbocycles. The van der Waals surface area contributed by atoms with E-state index in [9.17, 15) is 17.2 Å². The quantitative estimate of drug-likeness (QED) is 0.779. The van der Waals surface area contributed by atoms with Crippen molar-refractivity contribution >= 4 is 26.0 Å². The molecule has 0 unspecified atom stereocenters. The number of halogens is 3. The molecule has 0 fully saturated rings. The first-order valence-corrected chi connectivity index (χ1v) is 7.65. The first-order valence-electron chi connectivity index (χ1n) is 5.45. The van der Waals surface area contributed by atoms with E-state index in [0.717, 1.165) is 17.7 Å². The molecule has 0 aromatic heterocycles. The van der Waals surface area contributed by atoms with Crippen LogP contribution < -0.4 is 4.18 Å². The van der Waals surface area contributed by atoms with Crippen LogP contribution in [0.5, 0.6) is 5.75 Å². The highest BCUT2D eigenvalue weighted by atomic mass is 79.9. The average Bonchev–Trinajstić information content (AvgIpc) is 2.33. The molecule has 20 heavy (non-hydrogen) atoms. The minimum atomic E-state index is -4.13. The monoisotopic (exact) mass is 362 g/mol. The van der Waals surface area contributed by atoms with Gasteiger partial charge in [0.2, 0.25) is 0 Å². The summed E-state index contributed by atoms with van der Waals surface area (Å²) in [6, 6.07) is 7.10. The Kier molecular flexibility index (Phi) is 4.10. The Bertz CT molecular complexity index is 760. The van der Waals surface area contributed by atoms with Gasteiger partial charge in [-0.05, 0) is 52.7 Å². The van der Waals surface area contributed by atoms with Crippen LogP contribution in [0.15, 0.2) is 45.8 Å². The number of benzene rings is 2. The van der Waals surface area contributed by atoms with Crippen molar-refractivity contribution < 1.29 is 21.4 Å². The summed E-state index contributed by atoms with van der Waals surface area (Å²) in [5.74, 6) is -2.55. The highest BCUT2D eigenvalue weighted by Crippen LogP contribution is 2.26. The average molecular weight is 363 g/mol. The maximum absolute atomic E-state index is 13.0. The summed E-state index contributed by atoms with van der Waals surface area (Å²) in [4.78, 5) is -0.0900. The SMILES string of the molecule is Cc1ccc(S(=O)(=O)Oc2ccc(F)c(F)c2)c(Br)c1. The van der Waals surface area contributed by atoms with Gasteiger partial charge in [0.25, 0.3) is 0 Å². The fourth-order valence-electron chi connectivity index (χ4n) is 1.51. The second kappa shape index (κ2) is 5.49. The molecule has 0 aliphatic rings. The third-order valence-electron chi connectivity index (χ3n) is 2.45. The smallest absolute Gasteiger partial charge is 0.340 e. The first kappa shape index (κ1) is 14.9. The Morgan fingerprint density at radius 1 is 1.05 bits per heavy atom. The van der Waals surface area contributed by atoms with E-state index in [4.69, 9.17) is 4.18 Å². The molecule has 3 nitrogen and oxygen atoms in total. The van der Waals surface area contributed by atoms with E-state index in [0.29, 0.717) is 10.5 Å². The third-order valence-corrected chi connectivity index (χ3v) is 4.68. The first-order chi connectivity index (χ1) is 9.29. The van der Waals surface area contributed by atoms with E-state index in [1.165, 1.54) is 6.07 Å². The maximum Gasteiger partial charge on any atom is 0.340 e. The second-order valence-electron chi connectivity index (χ2n) is 4.05. The third kappa shape index (κ3) is 3.16. The van der Waals surface area contributed by atoms with Crippen molar-refractivity contribution in [2.24, 2.45) is 0 Å². The summed E-state index contributed by atoms with van der Waals surface area (Å²) in [7, 11) is -4.13. The molecule has 7 heteroatoms. The summed E-state index contributed by atoms with van der Waals surface area (Å²) in [6.07, 6.45) is 0. The van der Waals surface area contributed by atoms with E-state index < -0.39 is 21.8 Å². The Hall–Kier alpha value is -1.47. The van der Waals surface area contributed by atoms with Gasteiger partial charge >= 0.3 is 10.1 Å². The molecule has 0 N–H and O–H groups in total. The zero-order valence-electron chi connectivity index (χ0n) is 10.2. The summed E-state index contributed by atoms with van der Waals surface area (Å²) < 4.78 is 55.0. The van der Waals surface area contributed by atoms with Crippen LogP contribution >= 0.6 is 15.9 Å². The number of rotatable bonds is 3. The minimum absolute atomic E-state index is 0.0900. The van der Waals surface area contributed by atoms with Crippen molar-refractivity contribution in [1.82, 2.24) is 0 Å². The lowest BCUT2D eigenvalue weighted by Gasteiger charge is -2.09. The van der Waals surface area contributed by atoms with E-state index in [1.807, 2.05) is 0 Å². The van der Waals surface area contributed by atoms with Crippen LogP contribution in [-0.4, -0.2) is 8.42 Å². The zero-order chi connectivity index (χ0) is 14.9. The Morgan fingerprint density at radius 3 is 2.35 bits per heavy atom. The standard InChI is InChI=1S/C13H9BrF2O3S/c1-8-2-5-13(10(14)6-8)20(17,18)19-9-3-4-11(15)12(16)7-9/h2-7H,1H3. The number of aryl methyl sites for hydroxylation is 1. The molecule has 0 aliphatic heterocycles. The molecule has 0 radical (unpaired) electrons. The van der Waals surface area contributed by atoms with Gasteiger partial charge < -0.3 is 4.18 Å². The summed E-state index contributed by atoms with van der Waals surface area (Å²) in [5, 5.41) is 0. The van der Waals surface area contributed by atoms with Crippen LogP contribution in [0.2, 0.25) is 0 Å². The molecule has 0 heterocycles. The van der Waals surface area contributed by atoms with Crippen molar-refractivity contribution in [3.63, 3.8) is 0 Å². The lowest BCUT2D eigenvalue weighted by molar-refractivity contribution is 0.472. The van der Waals surface area contributed by atoms with E-state index in [1.54, 1.807) is 19.1 Å². The van der Waals surface area contributed by atoms with Gasteiger partial charge in [-0.15, -0.1) is 0 Å². The van der Waals surface area contributed by atoms with Crippen LogP contribution in [-0.2, 0) is 10.1 Å².